The summed E-state index contributed by atoms with van der Waals surface area (Å²) in [6.07, 6.45) is 3.31. The van der Waals surface area contributed by atoms with Gasteiger partial charge in [0.05, 0.1) is 17.1 Å². The highest BCUT2D eigenvalue weighted by Crippen LogP contribution is 2.37. The van der Waals surface area contributed by atoms with Crippen LogP contribution in [0.4, 0.5) is 13.2 Å². The monoisotopic (exact) mass is 479 g/mol. The fraction of sp³-hybridized carbons (Fsp3) is 0.542. The van der Waals surface area contributed by atoms with Gasteiger partial charge >= 0.3 is 6.18 Å². The number of likely N-dealkylation sites (tertiary alicyclic amines) is 1. The van der Waals surface area contributed by atoms with Crippen molar-refractivity contribution in [1.82, 2.24) is 15.2 Å². The van der Waals surface area contributed by atoms with Crippen molar-refractivity contribution in [3.8, 4) is 0 Å². The predicted octanol–water partition coefficient (Wildman–Crippen LogP) is 4.90. The summed E-state index contributed by atoms with van der Waals surface area (Å²) >= 11 is 1.73. The molecule has 0 bridgehead atoms. The van der Waals surface area contributed by atoms with Crippen LogP contribution in [0.3, 0.4) is 0 Å². The summed E-state index contributed by atoms with van der Waals surface area (Å²) in [4.78, 5) is 31.5. The number of aromatic nitrogens is 1. The number of hydrogen-bond acceptors (Lipinski definition) is 5. The SMILES string of the molecule is O=C(CNC(=O)c1cccc(C(F)(F)F)c1)C[C@@H]1CCN(C2CCC(c3nccs3)CC2)C1. The van der Waals surface area contributed by atoms with Crippen molar-refractivity contribution >= 4 is 23.0 Å². The van der Waals surface area contributed by atoms with Gasteiger partial charge in [-0.2, -0.15) is 13.2 Å². The number of nitrogens with zero attached hydrogens (tertiary/aromatic N) is 2. The molecule has 1 saturated heterocycles. The largest absolute Gasteiger partial charge is 0.416 e. The molecule has 33 heavy (non-hydrogen) atoms. The molecule has 4 rings (SSSR count). The first-order chi connectivity index (χ1) is 15.8. The van der Waals surface area contributed by atoms with Crippen molar-refractivity contribution in [2.75, 3.05) is 19.6 Å². The quantitative estimate of drug-likeness (QED) is 0.614. The van der Waals surface area contributed by atoms with E-state index in [0.717, 1.165) is 57.3 Å². The third kappa shape index (κ3) is 6.20. The van der Waals surface area contributed by atoms with Gasteiger partial charge in [0.15, 0.2) is 5.78 Å². The zero-order valence-electron chi connectivity index (χ0n) is 18.3. The van der Waals surface area contributed by atoms with Crippen LogP contribution in [-0.2, 0) is 11.0 Å². The first-order valence-electron chi connectivity index (χ1n) is 11.4. The van der Waals surface area contributed by atoms with Crippen molar-refractivity contribution in [2.24, 2.45) is 5.92 Å². The molecule has 1 amide bonds. The number of thiazole rings is 1. The van der Waals surface area contributed by atoms with E-state index in [1.165, 1.54) is 17.1 Å². The number of benzene rings is 1. The summed E-state index contributed by atoms with van der Waals surface area (Å²) in [7, 11) is 0. The second-order valence-electron chi connectivity index (χ2n) is 9.03. The van der Waals surface area contributed by atoms with Gasteiger partial charge in [-0.25, -0.2) is 4.98 Å². The first kappa shape index (κ1) is 23.9. The van der Waals surface area contributed by atoms with E-state index in [1.807, 2.05) is 11.6 Å². The van der Waals surface area contributed by atoms with Gasteiger partial charge < -0.3 is 10.2 Å². The number of rotatable bonds is 7. The maximum atomic E-state index is 12.8. The van der Waals surface area contributed by atoms with Crippen LogP contribution in [0, 0.1) is 5.92 Å². The fourth-order valence-corrected chi connectivity index (χ4v) is 5.81. The molecule has 0 radical (unpaired) electrons. The number of carbonyl (C=O) groups is 2. The normalized spacial score (nSPS) is 24.0. The molecule has 5 nitrogen and oxygen atoms in total. The molecule has 1 aliphatic carbocycles. The average Bonchev–Trinajstić information content (AvgIpc) is 3.50. The summed E-state index contributed by atoms with van der Waals surface area (Å²) < 4.78 is 38.5. The molecule has 2 aliphatic rings. The van der Waals surface area contributed by atoms with Gasteiger partial charge in [-0.05, 0) is 62.8 Å². The standard InChI is InChI=1S/C24H28F3N3O2S/c25-24(26,27)19-3-1-2-18(13-19)22(32)29-14-21(31)12-16-8-10-30(15-16)20-6-4-17(5-7-20)23-28-9-11-33-23/h1-3,9,11,13,16-17,20H,4-8,10,12,14-15H2,(H,29,32)/t16-,17?,20?/m0/s1. The van der Waals surface area contributed by atoms with Crippen molar-refractivity contribution in [3.05, 3.63) is 52.0 Å². The molecular weight excluding hydrogens is 451 g/mol. The molecule has 1 saturated carbocycles. The van der Waals surface area contributed by atoms with E-state index >= 15 is 0 Å². The van der Waals surface area contributed by atoms with Gasteiger partial charge in [0.2, 0.25) is 0 Å². The Morgan fingerprint density at radius 3 is 2.64 bits per heavy atom. The van der Waals surface area contributed by atoms with Crippen LogP contribution in [0.15, 0.2) is 35.8 Å². The minimum absolute atomic E-state index is 0.0883. The topological polar surface area (TPSA) is 62.3 Å². The van der Waals surface area contributed by atoms with Crippen molar-refractivity contribution in [2.45, 2.75) is 56.7 Å². The molecule has 1 N–H and O–H groups in total. The maximum absolute atomic E-state index is 12.8. The molecular formula is C24H28F3N3O2S. The Labute approximate surface area is 195 Å². The van der Waals surface area contributed by atoms with Gasteiger partial charge in [0.1, 0.15) is 0 Å². The third-order valence-corrected chi connectivity index (χ3v) is 7.68. The lowest BCUT2D eigenvalue weighted by Crippen LogP contribution is -2.36. The van der Waals surface area contributed by atoms with E-state index in [9.17, 15) is 22.8 Å². The summed E-state index contributed by atoms with van der Waals surface area (Å²) in [5.41, 5.74) is -0.980. The fourth-order valence-electron chi connectivity index (χ4n) is 5.00. The lowest BCUT2D eigenvalue weighted by atomic mass is 9.85. The minimum atomic E-state index is -4.51. The number of carbonyl (C=O) groups excluding carboxylic acids is 2. The Kier molecular flexibility index (Phi) is 7.48. The summed E-state index contributed by atoms with van der Waals surface area (Å²) in [6.45, 7) is 1.71. The van der Waals surface area contributed by atoms with Gasteiger partial charge in [-0.1, -0.05) is 6.07 Å². The maximum Gasteiger partial charge on any atom is 0.416 e. The Balaban J connectivity index is 1.19. The minimum Gasteiger partial charge on any atom is -0.345 e. The number of ketones is 1. The second kappa shape index (κ2) is 10.3. The Hall–Kier alpha value is -2.26. The zero-order valence-corrected chi connectivity index (χ0v) is 19.1. The van der Waals surface area contributed by atoms with Crippen molar-refractivity contribution in [1.29, 1.82) is 0 Å². The average molecular weight is 480 g/mol. The molecule has 0 spiro atoms. The van der Waals surface area contributed by atoms with Crippen LogP contribution in [0.2, 0.25) is 0 Å². The molecule has 1 aromatic carbocycles. The smallest absolute Gasteiger partial charge is 0.345 e. The van der Waals surface area contributed by atoms with E-state index in [1.54, 1.807) is 11.3 Å². The zero-order chi connectivity index (χ0) is 23.4. The number of halogens is 3. The Bertz CT molecular complexity index is 956. The number of hydrogen-bond donors (Lipinski definition) is 1. The van der Waals surface area contributed by atoms with Gasteiger partial charge in [-0.15, -0.1) is 11.3 Å². The molecule has 2 fully saturated rings. The molecule has 1 aromatic heterocycles. The predicted molar refractivity (Wildman–Crippen MR) is 120 cm³/mol. The molecule has 9 heteroatoms. The summed E-state index contributed by atoms with van der Waals surface area (Å²) in [6, 6.07) is 4.78. The van der Waals surface area contributed by atoms with Crippen LogP contribution in [0.25, 0.3) is 0 Å². The van der Waals surface area contributed by atoms with Gasteiger partial charge in [-0.3, -0.25) is 9.59 Å². The highest BCUT2D eigenvalue weighted by atomic mass is 32.1. The second-order valence-corrected chi connectivity index (χ2v) is 9.96. The highest BCUT2D eigenvalue weighted by Gasteiger charge is 2.33. The number of nitrogens with one attached hydrogen (secondary N) is 1. The Morgan fingerprint density at radius 2 is 1.94 bits per heavy atom. The lowest BCUT2D eigenvalue weighted by molar-refractivity contribution is -0.137. The van der Waals surface area contributed by atoms with E-state index in [2.05, 4.69) is 15.2 Å². The van der Waals surface area contributed by atoms with E-state index in [-0.39, 0.29) is 23.8 Å². The van der Waals surface area contributed by atoms with Crippen LogP contribution in [0.1, 0.15) is 65.4 Å². The first-order valence-corrected chi connectivity index (χ1v) is 12.3. The van der Waals surface area contributed by atoms with Crippen molar-refractivity contribution in [3.63, 3.8) is 0 Å². The third-order valence-electron chi connectivity index (χ3n) is 6.75. The highest BCUT2D eigenvalue weighted by molar-refractivity contribution is 7.09. The van der Waals surface area contributed by atoms with E-state index in [4.69, 9.17) is 0 Å². The number of amides is 1. The molecule has 1 atom stereocenters. The van der Waals surface area contributed by atoms with Crippen molar-refractivity contribution < 1.29 is 22.8 Å². The van der Waals surface area contributed by atoms with E-state index in [0.29, 0.717) is 18.4 Å². The number of alkyl halides is 3. The van der Waals surface area contributed by atoms with Gasteiger partial charge in [0, 0.05) is 42.1 Å². The van der Waals surface area contributed by atoms with Crippen LogP contribution in [0.5, 0.6) is 0 Å². The molecule has 0 unspecified atom stereocenters. The van der Waals surface area contributed by atoms with E-state index < -0.39 is 17.6 Å². The molecule has 178 valence electrons. The lowest BCUT2D eigenvalue weighted by Gasteiger charge is -2.34. The summed E-state index contributed by atoms with van der Waals surface area (Å²) in [5.74, 6) is 0.0791. The number of Topliss-reactive ketones (excluding diaryl/α,β-unsaturated/α-hetero) is 1. The van der Waals surface area contributed by atoms with Gasteiger partial charge in [0.25, 0.3) is 5.91 Å². The van der Waals surface area contributed by atoms with Crippen LogP contribution >= 0.6 is 11.3 Å². The molecule has 1 aliphatic heterocycles. The van der Waals surface area contributed by atoms with Crippen LogP contribution in [-0.4, -0.2) is 47.3 Å². The molecule has 2 aromatic rings. The Morgan fingerprint density at radius 1 is 1.15 bits per heavy atom. The molecule has 2 heterocycles. The summed E-state index contributed by atoms with van der Waals surface area (Å²) in [5, 5.41) is 5.74. The van der Waals surface area contributed by atoms with Crippen LogP contribution < -0.4 is 5.32 Å².